The second-order valence-electron chi connectivity index (χ2n) is 8.45. The Kier molecular flexibility index (Phi) is 4.50. The highest BCUT2D eigenvalue weighted by molar-refractivity contribution is 5.87. The van der Waals surface area contributed by atoms with Gasteiger partial charge in [0.25, 0.3) is 5.78 Å². The molecule has 3 N–H and O–H groups in total. The molecule has 5 heterocycles. The average molecular weight is 446 g/mol. The number of nitrogen functional groups attached to an aromatic ring is 1. The highest BCUT2D eigenvalue weighted by Gasteiger charge is 2.44. The van der Waals surface area contributed by atoms with Crippen LogP contribution in [0.1, 0.15) is 22.3 Å². The van der Waals surface area contributed by atoms with Crippen LogP contribution in [0.15, 0.2) is 47.1 Å². The van der Waals surface area contributed by atoms with Crippen LogP contribution in [0, 0.1) is 0 Å². The summed E-state index contributed by atoms with van der Waals surface area (Å²) >= 11 is 0. The number of fused-ring (bicyclic) bond motifs is 3. The monoisotopic (exact) mass is 446 g/mol. The number of carboxylic acid groups (broad SMARTS) is 1. The fourth-order valence-corrected chi connectivity index (χ4v) is 4.79. The van der Waals surface area contributed by atoms with Crippen molar-refractivity contribution in [3.8, 4) is 11.6 Å². The van der Waals surface area contributed by atoms with Crippen LogP contribution >= 0.6 is 0 Å². The van der Waals surface area contributed by atoms with Gasteiger partial charge in [0.05, 0.1) is 11.8 Å². The van der Waals surface area contributed by atoms with Crippen molar-refractivity contribution in [2.45, 2.75) is 24.9 Å². The second-order valence-corrected chi connectivity index (χ2v) is 8.45. The molecule has 0 spiro atoms. The Labute approximate surface area is 188 Å². The van der Waals surface area contributed by atoms with Gasteiger partial charge in [0.1, 0.15) is 0 Å². The standard InChI is InChI=1S/C22H22N8O3/c23-20-25-21(26-22-24-18(27-30(20)22)17-2-1-9-33-17)29-12-15-10-16(29)11-28(15)8-7-13-3-5-14(6-4-13)19(31)32/h1-6,9,15-16H,7-8,10-12H2,(H,31,32)(H2,23,24,25,26,27). The smallest absolute Gasteiger partial charge is 0.335 e. The molecular formula is C22H22N8O3. The molecule has 33 heavy (non-hydrogen) atoms. The van der Waals surface area contributed by atoms with Crippen LogP contribution in [0.5, 0.6) is 0 Å². The van der Waals surface area contributed by atoms with Gasteiger partial charge in [-0.3, -0.25) is 4.90 Å². The van der Waals surface area contributed by atoms with Gasteiger partial charge in [-0.05, 0) is 42.7 Å². The molecule has 2 saturated heterocycles. The van der Waals surface area contributed by atoms with Crippen LogP contribution < -0.4 is 10.6 Å². The van der Waals surface area contributed by atoms with Crippen LogP contribution in [-0.4, -0.2) is 72.3 Å². The maximum absolute atomic E-state index is 11.0. The first kappa shape index (κ1) is 19.7. The fourth-order valence-electron chi connectivity index (χ4n) is 4.79. The first-order valence-corrected chi connectivity index (χ1v) is 10.8. The molecule has 0 radical (unpaired) electrons. The number of hydrogen-bond donors (Lipinski definition) is 2. The number of rotatable bonds is 6. The highest BCUT2D eigenvalue weighted by Crippen LogP contribution is 2.33. The van der Waals surface area contributed by atoms with Crippen molar-refractivity contribution in [2.24, 2.45) is 0 Å². The van der Waals surface area contributed by atoms with Crippen molar-refractivity contribution < 1.29 is 14.3 Å². The molecule has 2 fully saturated rings. The molecule has 2 aliphatic rings. The topological polar surface area (TPSA) is 139 Å². The Bertz CT molecular complexity index is 1320. The third kappa shape index (κ3) is 3.46. The first-order valence-electron chi connectivity index (χ1n) is 10.8. The molecule has 2 bridgehead atoms. The number of nitrogens with zero attached hydrogens (tertiary/aromatic N) is 7. The summed E-state index contributed by atoms with van der Waals surface area (Å²) < 4.78 is 6.80. The summed E-state index contributed by atoms with van der Waals surface area (Å²) in [5.74, 6) is 1.29. The van der Waals surface area contributed by atoms with Crippen LogP contribution in [0.3, 0.4) is 0 Å². The number of furan rings is 1. The van der Waals surface area contributed by atoms with Crippen molar-refractivity contribution >= 4 is 23.6 Å². The number of aromatic nitrogens is 5. The van der Waals surface area contributed by atoms with Gasteiger partial charge in [-0.25, -0.2) is 4.79 Å². The summed E-state index contributed by atoms with van der Waals surface area (Å²) in [6.07, 6.45) is 3.50. The van der Waals surface area contributed by atoms with E-state index in [0.717, 1.165) is 38.0 Å². The molecule has 2 atom stereocenters. The lowest BCUT2D eigenvalue weighted by molar-refractivity contribution is 0.0697. The molecule has 3 aromatic heterocycles. The van der Waals surface area contributed by atoms with E-state index in [1.807, 2.05) is 12.1 Å². The SMILES string of the molecule is Nc1nc(N2CC3CC2CN3CCc2ccc(C(=O)O)cc2)nc2nc(-c3ccco3)nn12. The number of benzene rings is 1. The summed E-state index contributed by atoms with van der Waals surface area (Å²) in [7, 11) is 0. The van der Waals surface area contributed by atoms with E-state index in [4.69, 9.17) is 15.3 Å². The minimum absolute atomic E-state index is 0.241. The predicted octanol–water partition coefficient (Wildman–Crippen LogP) is 1.57. The van der Waals surface area contributed by atoms with Crippen LogP contribution in [-0.2, 0) is 6.42 Å². The number of piperazine rings is 1. The highest BCUT2D eigenvalue weighted by atomic mass is 16.4. The van der Waals surface area contributed by atoms with Gasteiger partial charge in [0.15, 0.2) is 5.76 Å². The van der Waals surface area contributed by atoms with E-state index in [2.05, 4.69) is 29.9 Å². The molecule has 2 aliphatic heterocycles. The van der Waals surface area contributed by atoms with Crippen molar-refractivity contribution in [1.29, 1.82) is 0 Å². The first-order chi connectivity index (χ1) is 16.0. The number of carboxylic acids is 1. The third-order valence-corrected chi connectivity index (χ3v) is 6.46. The second kappa shape index (κ2) is 7.55. The molecular weight excluding hydrogens is 424 g/mol. The largest absolute Gasteiger partial charge is 0.478 e. The van der Waals surface area contributed by atoms with Crippen LogP contribution in [0.2, 0.25) is 0 Å². The minimum Gasteiger partial charge on any atom is -0.478 e. The zero-order chi connectivity index (χ0) is 22.5. The minimum atomic E-state index is -0.900. The Morgan fingerprint density at radius 3 is 2.67 bits per heavy atom. The maximum Gasteiger partial charge on any atom is 0.335 e. The molecule has 6 rings (SSSR count). The number of carbonyl (C=O) groups is 1. The quantitative estimate of drug-likeness (QED) is 0.448. The van der Waals surface area contributed by atoms with Crippen molar-refractivity contribution in [1.82, 2.24) is 29.5 Å². The summed E-state index contributed by atoms with van der Waals surface area (Å²) in [4.78, 5) is 29.3. The average Bonchev–Trinajstić information content (AvgIpc) is 3.61. The Balaban J connectivity index is 1.14. The number of likely N-dealkylation sites (tertiary alicyclic amines) is 1. The van der Waals surface area contributed by atoms with Gasteiger partial charge in [-0.2, -0.15) is 19.5 Å². The molecule has 0 aliphatic carbocycles. The Morgan fingerprint density at radius 1 is 1.12 bits per heavy atom. The zero-order valence-electron chi connectivity index (χ0n) is 17.7. The van der Waals surface area contributed by atoms with E-state index >= 15 is 0 Å². The molecule has 11 heteroatoms. The lowest BCUT2D eigenvalue weighted by Crippen LogP contribution is -2.47. The van der Waals surface area contributed by atoms with Crippen molar-refractivity contribution in [2.75, 3.05) is 30.3 Å². The van der Waals surface area contributed by atoms with Gasteiger partial charge in [0, 0.05) is 31.7 Å². The Hall–Kier alpha value is -3.99. The van der Waals surface area contributed by atoms with Gasteiger partial charge < -0.3 is 20.2 Å². The molecule has 0 amide bonds. The summed E-state index contributed by atoms with van der Waals surface area (Å²) in [5.41, 5.74) is 7.62. The number of anilines is 2. The van der Waals surface area contributed by atoms with Crippen molar-refractivity contribution in [3.05, 3.63) is 53.8 Å². The van der Waals surface area contributed by atoms with E-state index in [9.17, 15) is 4.79 Å². The molecule has 11 nitrogen and oxygen atoms in total. The lowest BCUT2D eigenvalue weighted by Gasteiger charge is -2.34. The van der Waals surface area contributed by atoms with E-state index in [1.54, 1.807) is 30.5 Å². The molecule has 0 saturated carbocycles. The molecule has 1 aromatic carbocycles. The number of hydrogen-bond acceptors (Lipinski definition) is 9. The van der Waals surface area contributed by atoms with E-state index < -0.39 is 5.97 Å². The van der Waals surface area contributed by atoms with Crippen molar-refractivity contribution in [3.63, 3.8) is 0 Å². The van der Waals surface area contributed by atoms with Crippen LogP contribution in [0.25, 0.3) is 17.4 Å². The maximum atomic E-state index is 11.0. The van der Waals surface area contributed by atoms with Gasteiger partial charge in [-0.15, -0.1) is 5.10 Å². The summed E-state index contributed by atoms with van der Waals surface area (Å²) in [6.45, 7) is 2.69. The van der Waals surface area contributed by atoms with Gasteiger partial charge in [0.2, 0.25) is 17.7 Å². The molecule has 168 valence electrons. The lowest BCUT2D eigenvalue weighted by atomic mass is 10.1. The summed E-state index contributed by atoms with van der Waals surface area (Å²) in [6, 6.07) is 11.4. The van der Waals surface area contributed by atoms with Crippen LogP contribution in [0.4, 0.5) is 11.9 Å². The zero-order valence-corrected chi connectivity index (χ0v) is 17.7. The predicted molar refractivity (Wildman–Crippen MR) is 119 cm³/mol. The van der Waals surface area contributed by atoms with E-state index in [-0.39, 0.29) is 5.95 Å². The molecule has 2 unspecified atom stereocenters. The van der Waals surface area contributed by atoms with Gasteiger partial charge in [-0.1, -0.05) is 12.1 Å². The van der Waals surface area contributed by atoms with E-state index in [1.165, 1.54) is 4.52 Å². The van der Waals surface area contributed by atoms with Gasteiger partial charge >= 0.3 is 5.97 Å². The normalized spacial score (nSPS) is 20.2. The summed E-state index contributed by atoms with van der Waals surface area (Å²) in [5, 5.41) is 13.4. The van der Waals surface area contributed by atoms with E-state index in [0.29, 0.717) is 41.0 Å². The number of aromatic carboxylic acids is 1. The third-order valence-electron chi connectivity index (χ3n) is 6.46. The Morgan fingerprint density at radius 2 is 1.97 bits per heavy atom. The number of nitrogens with two attached hydrogens (primary N) is 1. The fraction of sp³-hybridized carbons (Fsp3) is 0.318. The molecule has 4 aromatic rings.